The van der Waals surface area contributed by atoms with Crippen molar-refractivity contribution in [2.45, 2.75) is 13.0 Å². The molecule has 0 aliphatic heterocycles. The summed E-state index contributed by atoms with van der Waals surface area (Å²) in [6.45, 7) is 1.91. The first kappa shape index (κ1) is 12.9. The summed E-state index contributed by atoms with van der Waals surface area (Å²) in [7, 11) is 0. The lowest BCUT2D eigenvalue weighted by atomic mass is 10.1. The first-order chi connectivity index (χ1) is 8.56. The van der Waals surface area contributed by atoms with Crippen molar-refractivity contribution in [1.82, 2.24) is 0 Å². The number of ether oxygens (including phenoxy) is 1. The van der Waals surface area contributed by atoms with Gasteiger partial charge in [-0.2, -0.15) is 0 Å². The first-order valence-electron chi connectivity index (χ1n) is 5.54. The van der Waals surface area contributed by atoms with Gasteiger partial charge >= 0.3 is 0 Å². The Balaban J connectivity index is 2.15. The maximum atomic E-state index is 13.0. The monoisotopic (exact) mass is 265 g/mol. The lowest BCUT2D eigenvalue weighted by molar-refractivity contribution is 0.480. The molecule has 0 fully saturated rings. The van der Waals surface area contributed by atoms with Gasteiger partial charge in [-0.3, -0.25) is 0 Å². The summed E-state index contributed by atoms with van der Waals surface area (Å²) >= 11 is 5.68. The van der Waals surface area contributed by atoms with Gasteiger partial charge in [0, 0.05) is 12.1 Å². The molecule has 0 aromatic heterocycles. The normalized spacial score (nSPS) is 12.2. The Bertz CT molecular complexity index is 540. The number of halogens is 2. The highest BCUT2D eigenvalue weighted by Crippen LogP contribution is 2.26. The SMILES string of the molecule is C[C@H](N)c1ccc(Oc2ccc(F)c(Cl)c2)cc1. The van der Waals surface area contributed by atoms with E-state index in [0.717, 1.165) is 5.56 Å². The summed E-state index contributed by atoms with van der Waals surface area (Å²) in [6.07, 6.45) is 0. The zero-order valence-electron chi connectivity index (χ0n) is 9.86. The van der Waals surface area contributed by atoms with E-state index in [1.54, 1.807) is 0 Å². The summed E-state index contributed by atoms with van der Waals surface area (Å²) in [5.74, 6) is 0.688. The molecule has 0 aliphatic carbocycles. The van der Waals surface area contributed by atoms with E-state index in [4.69, 9.17) is 22.1 Å². The highest BCUT2D eigenvalue weighted by atomic mass is 35.5. The molecular formula is C14H13ClFNO. The van der Waals surface area contributed by atoms with Crippen LogP contribution in [0.25, 0.3) is 0 Å². The molecule has 0 spiro atoms. The van der Waals surface area contributed by atoms with Crippen LogP contribution in [0, 0.1) is 5.82 Å². The fourth-order valence-electron chi connectivity index (χ4n) is 1.52. The standard InChI is InChI=1S/C14H13ClFNO/c1-9(17)10-2-4-11(5-3-10)18-12-6-7-14(16)13(15)8-12/h2-9H,17H2,1H3/t9-/m0/s1. The second kappa shape index (κ2) is 5.38. The van der Waals surface area contributed by atoms with Crippen LogP contribution in [-0.4, -0.2) is 0 Å². The van der Waals surface area contributed by atoms with Crippen LogP contribution in [0.15, 0.2) is 42.5 Å². The number of nitrogens with two attached hydrogens (primary N) is 1. The van der Waals surface area contributed by atoms with Gasteiger partial charge in [-0.25, -0.2) is 4.39 Å². The predicted octanol–water partition coefficient (Wildman–Crippen LogP) is 4.29. The Kier molecular flexibility index (Phi) is 3.84. The second-order valence-corrected chi connectivity index (χ2v) is 4.44. The number of benzene rings is 2. The molecule has 4 heteroatoms. The van der Waals surface area contributed by atoms with Crippen molar-refractivity contribution in [3.8, 4) is 11.5 Å². The molecule has 0 unspecified atom stereocenters. The molecule has 18 heavy (non-hydrogen) atoms. The lowest BCUT2D eigenvalue weighted by Crippen LogP contribution is -2.04. The number of rotatable bonds is 3. The summed E-state index contributed by atoms with van der Waals surface area (Å²) in [5.41, 5.74) is 6.78. The Labute approximate surface area is 110 Å². The van der Waals surface area contributed by atoms with Gasteiger partial charge in [0.15, 0.2) is 0 Å². The number of hydrogen-bond donors (Lipinski definition) is 1. The van der Waals surface area contributed by atoms with Gasteiger partial charge in [-0.05, 0) is 36.8 Å². The van der Waals surface area contributed by atoms with Gasteiger partial charge < -0.3 is 10.5 Å². The molecular weight excluding hydrogens is 253 g/mol. The van der Waals surface area contributed by atoms with E-state index < -0.39 is 5.82 Å². The van der Waals surface area contributed by atoms with E-state index in [2.05, 4.69) is 0 Å². The third kappa shape index (κ3) is 3.00. The van der Waals surface area contributed by atoms with Crippen molar-refractivity contribution in [3.63, 3.8) is 0 Å². The zero-order chi connectivity index (χ0) is 13.1. The highest BCUT2D eigenvalue weighted by molar-refractivity contribution is 6.30. The molecule has 2 nitrogen and oxygen atoms in total. The van der Waals surface area contributed by atoms with Crippen LogP contribution in [-0.2, 0) is 0 Å². The van der Waals surface area contributed by atoms with Crippen molar-refractivity contribution in [2.24, 2.45) is 5.73 Å². The van der Waals surface area contributed by atoms with Crippen molar-refractivity contribution < 1.29 is 9.13 Å². The third-order valence-corrected chi connectivity index (χ3v) is 2.82. The van der Waals surface area contributed by atoms with E-state index in [1.807, 2.05) is 31.2 Å². The maximum Gasteiger partial charge on any atom is 0.142 e. The summed E-state index contributed by atoms with van der Waals surface area (Å²) in [4.78, 5) is 0. The fourth-order valence-corrected chi connectivity index (χ4v) is 1.69. The van der Waals surface area contributed by atoms with Gasteiger partial charge in [0.2, 0.25) is 0 Å². The minimum absolute atomic E-state index is 0.0145. The van der Waals surface area contributed by atoms with E-state index >= 15 is 0 Å². The molecule has 0 radical (unpaired) electrons. The zero-order valence-corrected chi connectivity index (χ0v) is 10.6. The van der Waals surface area contributed by atoms with E-state index in [9.17, 15) is 4.39 Å². The van der Waals surface area contributed by atoms with Gasteiger partial charge in [-0.15, -0.1) is 0 Å². The van der Waals surface area contributed by atoms with Crippen molar-refractivity contribution in [3.05, 3.63) is 58.9 Å². The maximum absolute atomic E-state index is 13.0. The van der Waals surface area contributed by atoms with Crippen LogP contribution < -0.4 is 10.5 Å². The molecule has 94 valence electrons. The van der Waals surface area contributed by atoms with Crippen LogP contribution in [0.1, 0.15) is 18.5 Å². The van der Waals surface area contributed by atoms with Crippen LogP contribution in [0.2, 0.25) is 5.02 Å². The molecule has 0 saturated carbocycles. The molecule has 0 amide bonds. The minimum Gasteiger partial charge on any atom is -0.457 e. The largest absolute Gasteiger partial charge is 0.457 e. The van der Waals surface area contributed by atoms with Crippen molar-refractivity contribution in [2.75, 3.05) is 0 Å². The van der Waals surface area contributed by atoms with Crippen LogP contribution in [0.3, 0.4) is 0 Å². The smallest absolute Gasteiger partial charge is 0.142 e. The quantitative estimate of drug-likeness (QED) is 0.898. The molecule has 0 aliphatic rings. The lowest BCUT2D eigenvalue weighted by Gasteiger charge is -2.09. The third-order valence-electron chi connectivity index (χ3n) is 2.53. The summed E-state index contributed by atoms with van der Waals surface area (Å²) in [5, 5.41) is 0.0414. The Morgan fingerprint density at radius 2 is 1.72 bits per heavy atom. The topological polar surface area (TPSA) is 35.2 Å². The average Bonchev–Trinajstić information content (AvgIpc) is 2.34. The molecule has 2 aromatic carbocycles. The fraction of sp³-hybridized carbons (Fsp3) is 0.143. The van der Waals surface area contributed by atoms with Gasteiger partial charge in [-0.1, -0.05) is 23.7 Å². The van der Waals surface area contributed by atoms with Crippen LogP contribution in [0.5, 0.6) is 11.5 Å². The molecule has 0 heterocycles. The molecule has 1 atom stereocenters. The second-order valence-electron chi connectivity index (χ2n) is 4.04. The van der Waals surface area contributed by atoms with Crippen LogP contribution >= 0.6 is 11.6 Å². The summed E-state index contributed by atoms with van der Waals surface area (Å²) in [6, 6.07) is 11.6. The van der Waals surface area contributed by atoms with E-state index in [0.29, 0.717) is 11.5 Å². The Hall–Kier alpha value is -1.58. The van der Waals surface area contributed by atoms with Crippen molar-refractivity contribution in [1.29, 1.82) is 0 Å². The highest BCUT2D eigenvalue weighted by Gasteiger charge is 2.04. The first-order valence-corrected chi connectivity index (χ1v) is 5.92. The van der Waals surface area contributed by atoms with E-state index in [1.165, 1.54) is 18.2 Å². The molecule has 0 bridgehead atoms. The molecule has 0 saturated heterocycles. The average molecular weight is 266 g/mol. The van der Waals surface area contributed by atoms with E-state index in [-0.39, 0.29) is 11.1 Å². The number of hydrogen-bond acceptors (Lipinski definition) is 2. The summed E-state index contributed by atoms with van der Waals surface area (Å²) < 4.78 is 18.5. The minimum atomic E-state index is -0.462. The Morgan fingerprint density at radius 1 is 1.11 bits per heavy atom. The van der Waals surface area contributed by atoms with Crippen LogP contribution in [0.4, 0.5) is 4.39 Å². The van der Waals surface area contributed by atoms with Gasteiger partial charge in [0.1, 0.15) is 17.3 Å². The van der Waals surface area contributed by atoms with Gasteiger partial charge in [0.25, 0.3) is 0 Å². The predicted molar refractivity (Wildman–Crippen MR) is 70.5 cm³/mol. The van der Waals surface area contributed by atoms with Gasteiger partial charge in [0.05, 0.1) is 5.02 Å². The molecule has 2 rings (SSSR count). The van der Waals surface area contributed by atoms with Crippen molar-refractivity contribution >= 4 is 11.6 Å². The molecule has 2 N–H and O–H groups in total. The Morgan fingerprint density at radius 3 is 2.28 bits per heavy atom. The molecule has 2 aromatic rings.